The molecule has 1 unspecified atom stereocenters. The van der Waals surface area contributed by atoms with Crippen LogP contribution < -0.4 is 16.2 Å². The Morgan fingerprint density at radius 2 is 1.74 bits per heavy atom. The molecule has 1 saturated carbocycles. The monoisotopic (exact) mass is 450 g/mol. The number of aromatic nitrogens is 3. The minimum atomic E-state index is -0.210. The minimum Gasteiger partial charge on any atom is -0.439 e. The summed E-state index contributed by atoms with van der Waals surface area (Å²) in [5, 5.41) is 0. The normalized spacial score (nSPS) is 19.0. The first-order valence-electron chi connectivity index (χ1n) is 11.6. The Morgan fingerprint density at radius 3 is 2.44 bits per heavy atom. The lowest BCUT2D eigenvalue weighted by Gasteiger charge is -2.38. The van der Waals surface area contributed by atoms with Gasteiger partial charge in [0.2, 0.25) is 5.88 Å². The van der Waals surface area contributed by atoms with Gasteiger partial charge in [0.1, 0.15) is 22.9 Å². The number of aliphatic imine (C=N–C) groups is 1. The quantitative estimate of drug-likeness (QED) is 0.450. The summed E-state index contributed by atoms with van der Waals surface area (Å²) in [5.74, 6) is 2.46. The average Bonchev–Trinajstić information content (AvgIpc) is 3.22. The van der Waals surface area contributed by atoms with Gasteiger partial charge in [0.05, 0.1) is 5.92 Å². The van der Waals surface area contributed by atoms with E-state index in [0.29, 0.717) is 17.4 Å². The van der Waals surface area contributed by atoms with E-state index in [4.69, 9.17) is 26.2 Å². The zero-order chi connectivity index (χ0) is 23.1. The molecule has 34 heavy (non-hydrogen) atoms. The first-order chi connectivity index (χ1) is 16.6. The van der Waals surface area contributed by atoms with Crippen molar-refractivity contribution in [2.24, 2.45) is 16.5 Å². The van der Waals surface area contributed by atoms with Crippen LogP contribution in [0.15, 0.2) is 84.0 Å². The van der Waals surface area contributed by atoms with Crippen molar-refractivity contribution in [2.75, 3.05) is 0 Å². The fourth-order valence-electron chi connectivity index (χ4n) is 4.68. The average molecular weight is 451 g/mol. The third-order valence-corrected chi connectivity index (χ3v) is 6.79. The summed E-state index contributed by atoms with van der Waals surface area (Å²) in [7, 11) is 0. The number of fused-ring (bicyclic) bond motifs is 1. The van der Waals surface area contributed by atoms with Gasteiger partial charge in [0, 0.05) is 23.5 Å². The second-order valence-corrected chi connectivity index (χ2v) is 9.00. The summed E-state index contributed by atoms with van der Waals surface area (Å²) in [6, 6.07) is 21.8. The lowest BCUT2D eigenvalue weighted by atomic mass is 9.73. The minimum absolute atomic E-state index is 0.134. The summed E-state index contributed by atoms with van der Waals surface area (Å²) in [6.07, 6.45) is 7.72. The van der Waals surface area contributed by atoms with E-state index in [1.165, 1.54) is 6.42 Å². The summed E-state index contributed by atoms with van der Waals surface area (Å²) in [5.41, 5.74) is 16.3. The number of nitrogens with zero attached hydrogens (tertiary/aromatic N) is 4. The molecule has 1 fully saturated rings. The number of pyridine rings is 1. The van der Waals surface area contributed by atoms with Gasteiger partial charge >= 0.3 is 0 Å². The number of hydrogen-bond acceptors (Lipinski definition) is 6. The van der Waals surface area contributed by atoms with E-state index in [2.05, 4.69) is 33.8 Å². The number of allylic oxidation sites excluding steroid dienone is 1. The second kappa shape index (κ2) is 8.11. The molecule has 1 aliphatic heterocycles. The van der Waals surface area contributed by atoms with Gasteiger partial charge in [-0.3, -0.25) is 4.57 Å². The summed E-state index contributed by atoms with van der Waals surface area (Å²) in [6.45, 7) is 0. The maximum atomic E-state index is 6.55. The third-order valence-electron chi connectivity index (χ3n) is 6.79. The zero-order valence-corrected chi connectivity index (χ0v) is 18.8. The summed E-state index contributed by atoms with van der Waals surface area (Å²) in [4.78, 5) is 14.1. The van der Waals surface area contributed by atoms with E-state index in [1.807, 2.05) is 48.5 Å². The maximum absolute atomic E-state index is 6.55. The van der Waals surface area contributed by atoms with Crippen LogP contribution in [0.3, 0.4) is 0 Å². The summed E-state index contributed by atoms with van der Waals surface area (Å²) < 4.78 is 8.07. The molecule has 4 aromatic rings. The van der Waals surface area contributed by atoms with Crippen LogP contribution in [0.1, 0.15) is 43.0 Å². The van der Waals surface area contributed by atoms with Crippen LogP contribution in [0.4, 0.5) is 0 Å². The topological polar surface area (TPSA) is 104 Å². The molecule has 7 nitrogen and oxygen atoms in total. The molecule has 0 bridgehead atoms. The molecule has 0 amide bonds. The van der Waals surface area contributed by atoms with Gasteiger partial charge in [0.15, 0.2) is 5.65 Å². The SMILES string of the molecule is NC1=NC=CCC1c1nc2ccc(Oc3ccccc3)nc2n1-c1ccc(C2(N)CCC2)cc1. The standard InChI is InChI=1S/C27H26N6O/c28-24-21(8-4-17-30-24)25-31-22-13-14-23(34-20-6-2-1-3-7-20)32-26(22)33(25)19-11-9-18(10-12-19)27(29)15-5-16-27/h1-4,6-7,9-14,17,21H,5,8,15-16,29H2,(H2,28,30). The number of hydrogen-bond donors (Lipinski definition) is 2. The Bertz CT molecular complexity index is 1400. The van der Waals surface area contributed by atoms with Gasteiger partial charge in [-0.1, -0.05) is 36.4 Å². The number of para-hydroxylation sites is 1. The molecule has 0 spiro atoms. The largest absolute Gasteiger partial charge is 0.439 e. The van der Waals surface area contributed by atoms with Crippen LogP contribution in [0.25, 0.3) is 16.9 Å². The Labute approximate surface area is 197 Å². The van der Waals surface area contributed by atoms with Gasteiger partial charge in [-0.25, -0.2) is 9.98 Å². The molecule has 6 rings (SSSR count). The maximum Gasteiger partial charge on any atom is 0.221 e. The van der Waals surface area contributed by atoms with E-state index in [0.717, 1.165) is 47.6 Å². The number of imidazole rings is 1. The lowest BCUT2D eigenvalue weighted by Crippen LogP contribution is -2.43. The van der Waals surface area contributed by atoms with Crippen molar-refractivity contribution in [2.45, 2.75) is 37.1 Å². The highest BCUT2D eigenvalue weighted by Gasteiger charge is 2.34. The molecular weight excluding hydrogens is 424 g/mol. The van der Waals surface area contributed by atoms with E-state index >= 15 is 0 Å². The molecule has 2 aliphatic rings. The fourth-order valence-corrected chi connectivity index (χ4v) is 4.68. The highest BCUT2D eigenvalue weighted by Crippen LogP contribution is 2.39. The molecule has 1 atom stereocenters. The van der Waals surface area contributed by atoms with Crippen molar-refractivity contribution < 1.29 is 4.74 Å². The van der Waals surface area contributed by atoms with Gasteiger partial charge in [-0.2, -0.15) is 4.98 Å². The van der Waals surface area contributed by atoms with Gasteiger partial charge in [-0.15, -0.1) is 0 Å². The van der Waals surface area contributed by atoms with Crippen LogP contribution in [0.5, 0.6) is 11.6 Å². The van der Waals surface area contributed by atoms with Crippen LogP contribution in [0.2, 0.25) is 0 Å². The van der Waals surface area contributed by atoms with E-state index in [-0.39, 0.29) is 11.5 Å². The Balaban J connectivity index is 1.47. The van der Waals surface area contributed by atoms with Gasteiger partial charge in [0.25, 0.3) is 0 Å². The number of amidine groups is 1. The first-order valence-corrected chi connectivity index (χ1v) is 11.6. The predicted octanol–water partition coefficient (Wildman–Crippen LogP) is 4.91. The van der Waals surface area contributed by atoms with Gasteiger partial charge in [-0.05, 0) is 61.6 Å². The van der Waals surface area contributed by atoms with Gasteiger partial charge < -0.3 is 16.2 Å². The van der Waals surface area contributed by atoms with Crippen LogP contribution in [0, 0.1) is 0 Å². The second-order valence-electron chi connectivity index (χ2n) is 9.00. The number of nitrogens with two attached hydrogens (primary N) is 2. The highest BCUT2D eigenvalue weighted by atomic mass is 16.5. The van der Waals surface area contributed by atoms with E-state index < -0.39 is 0 Å². The van der Waals surface area contributed by atoms with Crippen LogP contribution >= 0.6 is 0 Å². The Kier molecular flexibility index (Phi) is 4.92. The number of rotatable bonds is 5. The molecule has 2 aromatic carbocycles. The molecule has 7 heteroatoms. The van der Waals surface area contributed by atoms with E-state index in [1.54, 1.807) is 6.20 Å². The van der Waals surface area contributed by atoms with Crippen molar-refractivity contribution in [3.05, 3.63) is 90.4 Å². The predicted molar refractivity (Wildman–Crippen MR) is 133 cm³/mol. The Morgan fingerprint density at radius 1 is 0.941 bits per heavy atom. The Hall–Kier alpha value is -3.97. The first kappa shape index (κ1) is 20.6. The van der Waals surface area contributed by atoms with Crippen molar-refractivity contribution in [1.82, 2.24) is 14.5 Å². The molecule has 4 N–H and O–H groups in total. The smallest absolute Gasteiger partial charge is 0.221 e. The molecule has 3 heterocycles. The molecule has 0 saturated heterocycles. The molecule has 0 radical (unpaired) electrons. The van der Waals surface area contributed by atoms with Crippen LogP contribution in [-0.2, 0) is 5.54 Å². The van der Waals surface area contributed by atoms with Crippen molar-refractivity contribution >= 4 is 17.0 Å². The lowest BCUT2D eigenvalue weighted by molar-refractivity contribution is 0.253. The van der Waals surface area contributed by atoms with E-state index in [9.17, 15) is 0 Å². The molecule has 170 valence electrons. The van der Waals surface area contributed by atoms with Crippen molar-refractivity contribution in [1.29, 1.82) is 0 Å². The van der Waals surface area contributed by atoms with Crippen molar-refractivity contribution in [3.63, 3.8) is 0 Å². The number of benzene rings is 2. The fraction of sp³-hybridized carbons (Fsp3) is 0.222. The van der Waals surface area contributed by atoms with Crippen LogP contribution in [-0.4, -0.2) is 20.4 Å². The third kappa shape index (κ3) is 3.54. The molecular formula is C27H26N6O. The summed E-state index contributed by atoms with van der Waals surface area (Å²) >= 11 is 0. The molecule has 1 aliphatic carbocycles. The number of ether oxygens (including phenoxy) is 1. The highest BCUT2D eigenvalue weighted by molar-refractivity contribution is 5.89. The zero-order valence-electron chi connectivity index (χ0n) is 18.8. The van der Waals surface area contributed by atoms with Crippen molar-refractivity contribution in [3.8, 4) is 17.3 Å². The molecule has 2 aromatic heterocycles.